The third kappa shape index (κ3) is 5.96. The number of rotatable bonds is 8. The number of halogens is 1. The molecule has 0 radical (unpaired) electrons. The lowest BCUT2D eigenvalue weighted by molar-refractivity contribution is -0.117. The van der Waals surface area contributed by atoms with Gasteiger partial charge in [-0.15, -0.1) is 5.10 Å². The maximum absolute atomic E-state index is 13.2. The van der Waals surface area contributed by atoms with Gasteiger partial charge in [0.1, 0.15) is 23.0 Å². The van der Waals surface area contributed by atoms with Crippen LogP contribution in [0.3, 0.4) is 0 Å². The van der Waals surface area contributed by atoms with Crippen molar-refractivity contribution in [2.75, 3.05) is 0 Å². The number of carbonyl (C=O) groups excluding carboxylic acids is 1. The highest BCUT2D eigenvalue weighted by atomic mass is 35.5. The van der Waals surface area contributed by atoms with Crippen LogP contribution < -0.4 is 5.32 Å². The lowest BCUT2D eigenvalue weighted by Gasteiger charge is -2.15. The van der Waals surface area contributed by atoms with Crippen molar-refractivity contribution in [3.8, 4) is 16.9 Å². The molecule has 198 valence electrons. The van der Waals surface area contributed by atoms with Crippen molar-refractivity contribution in [2.24, 2.45) is 7.05 Å². The minimum Gasteiger partial charge on any atom is -0.342 e. The standard InChI is InChI=1S/C28H28ClN9O/c1-17-5-8-20(9-6-17)26-27(29)33-28(32-26)23(15-22-14-19(3)37(4)34-22)31-25(39)12-10-21-13-18(2)7-11-24(21)38-16-30-35-36-38/h5-14,16,23H,15H2,1-4H3,(H,31,39)(H,32,33)/b12-10+/t23-/m0/s1. The predicted molar refractivity (Wildman–Crippen MR) is 149 cm³/mol. The van der Waals surface area contributed by atoms with Crippen LogP contribution in [0.4, 0.5) is 0 Å². The van der Waals surface area contributed by atoms with Gasteiger partial charge in [-0.3, -0.25) is 9.48 Å². The summed E-state index contributed by atoms with van der Waals surface area (Å²) in [6, 6.07) is 15.3. The number of nitrogens with zero attached hydrogens (tertiary/aromatic N) is 7. The van der Waals surface area contributed by atoms with Gasteiger partial charge in [0, 0.05) is 36.4 Å². The largest absolute Gasteiger partial charge is 0.342 e. The number of H-pyrrole nitrogens is 1. The average molecular weight is 542 g/mol. The van der Waals surface area contributed by atoms with E-state index in [2.05, 4.69) is 30.9 Å². The van der Waals surface area contributed by atoms with Crippen LogP contribution in [0.5, 0.6) is 0 Å². The van der Waals surface area contributed by atoms with Gasteiger partial charge in [0.15, 0.2) is 0 Å². The molecule has 3 heterocycles. The maximum atomic E-state index is 13.2. The first-order valence-electron chi connectivity index (χ1n) is 12.4. The fourth-order valence-corrected chi connectivity index (χ4v) is 4.52. The lowest BCUT2D eigenvalue weighted by atomic mass is 10.1. The molecule has 0 spiro atoms. The van der Waals surface area contributed by atoms with Crippen LogP contribution in [0, 0.1) is 20.8 Å². The second-order valence-corrected chi connectivity index (χ2v) is 9.84. The summed E-state index contributed by atoms with van der Waals surface area (Å²) in [7, 11) is 1.89. The second-order valence-electron chi connectivity index (χ2n) is 9.47. The number of carbonyl (C=O) groups is 1. The van der Waals surface area contributed by atoms with Gasteiger partial charge >= 0.3 is 0 Å². The average Bonchev–Trinajstić information content (AvgIpc) is 3.64. The molecule has 3 aromatic heterocycles. The molecule has 0 aliphatic carbocycles. The predicted octanol–water partition coefficient (Wildman–Crippen LogP) is 4.48. The minimum atomic E-state index is -0.496. The molecule has 11 heteroatoms. The number of amides is 1. The molecule has 0 aliphatic rings. The summed E-state index contributed by atoms with van der Waals surface area (Å²) in [4.78, 5) is 21.1. The summed E-state index contributed by atoms with van der Waals surface area (Å²) in [5.74, 6) is 0.256. The van der Waals surface area contributed by atoms with Crippen LogP contribution in [0.15, 0.2) is 60.9 Å². The molecule has 0 saturated carbocycles. The fourth-order valence-electron chi connectivity index (χ4n) is 4.27. The van der Waals surface area contributed by atoms with Gasteiger partial charge in [0.25, 0.3) is 0 Å². The number of tetrazole rings is 1. The van der Waals surface area contributed by atoms with E-state index in [0.717, 1.165) is 39.3 Å². The molecule has 2 N–H and O–H groups in total. The Morgan fingerprint density at radius 3 is 2.56 bits per heavy atom. The van der Waals surface area contributed by atoms with E-state index in [0.29, 0.717) is 23.1 Å². The van der Waals surface area contributed by atoms with Crippen molar-refractivity contribution in [3.05, 3.63) is 100.0 Å². The third-order valence-corrected chi connectivity index (χ3v) is 6.69. The van der Waals surface area contributed by atoms with Crippen LogP contribution in [-0.2, 0) is 18.3 Å². The molecule has 0 saturated heterocycles. The minimum absolute atomic E-state index is 0.291. The Morgan fingerprint density at radius 1 is 1.10 bits per heavy atom. The van der Waals surface area contributed by atoms with E-state index >= 15 is 0 Å². The number of aromatic nitrogens is 8. The summed E-state index contributed by atoms with van der Waals surface area (Å²) in [5.41, 5.74) is 7.11. The number of hydrogen-bond donors (Lipinski definition) is 2. The van der Waals surface area contributed by atoms with Crippen molar-refractivity contribution in [1.29, 1.82) is 0 Å². The molecular weight excluding hydrogens is 514 g/mol. The zero-order valence-electron chi connectivity index (χ0n) is 22.1. The second kappa shape index (κ2) is 11.0. The maximum Gasteiger partial charge on any atom is 0.244 e. The Hall–Kier alpha value is -4.57. The van der Waals surface area contributed by atoms with Gasteiger partial charge in [-0.1, -0.05) is 53.1 Å². The number of hydrogen-bond acceptors (Lipinski definition) is 6. The Labute approximate surface area is 230 Å². The molecule has 2 aromatic carbocycles. The third-order valence-electron chi connectivity index (χ3n) is 6.42. The van der Waals surface area contributed by atoms with E-state index in [9.17, 15) is 4.79 Å². The molecular formula is C28H28ClN9O. The molecule has 5 rings (SSSR count). The first kappa shape index (κ1) is 26.1. The first-order chi connectivity index (χ1) is 18.8. The highest BCUT2D eigenvalue weighted by Gasteiger charge is 2.22. The van der Waals surface area contributed by atoms with E-state index in [-0.39, 0.29) is 5.91 Å². The zero-order chi connectivity index (χ0) is 27.5. The van der Waals surface area contributed by atoms with E-state index < -0.39 is 6.04 Å². The Morgan fingerprint density at radius 2 is 1.87 bits per heavy atom. The highest BCUT2D eigenvalue weighted by Crippen LogP contribution is 2.29. The molecule has 1 amide bonds. The molecule has 5 aromatic rings. The van der Waals surface area contributed by atoms with E-state index in [1.54, 1.807) is 15.4 Å². The lowest BCUT2D eigenvalue weighted by Crippen LogP contribution is -2.29. The van der Waals surface area contributed by atoms with E-state index in [1.165, 1.54) is 12.4 Å². The Kier molecular flexibility index (Phi) is 7.38. The van der Waals surface area contributed by atoms with Gasteiger partial charge in [-0.2, -0.15) is 9.78 Å². The smallest absolute Gasteiger partial charge is 0.244 e. The topological polar surface area (TPSA) is 119 Å². The number of nitrogens with one attached hydrogen (secondary N) is 2. The monoisotopic (exact) mass is 541 g/mol. The summed E-state index contributed by atoms with van der Waals surface area (Å²) in [5, 5.41) is 19.5. The molecule has 1 atom stereocenters. The molecule has 0 bridgehead atoms. The number of aryl methyl sites for hydroxylation is 4. The zero-order valence-corrected chi connectivity index (χ0v) is 22.8. The highest BCUT2D eigenvalue weighted by molar-refractivity contribution is 6.31. The first-order valence-corrected chi connectivity index (χ1v) is 12.8. The number of aromatic amines is 1. The van der Waals surface area contributed by atoms with Crippen molar-refractivity contribution in [1.82, 2.24) is 45.3 Å². The van der Waals surface area contributed by atoms with Crippen molar-refractivity contribution in [3.63, 3.8) is 0 Å². The van der Waals surface area contributed by atoms with E-state index in [4.69, 9.17) is 16.6 Å². The molecule has 0 fully saturated rings. The summed E-state index contributed by atoms with van der Waals surface area (Å²) in [6.07, 6.45) is 5.18. The summed E-state index contributed by atoms with van der Waals surface area (Å²) >= 11 is 6.57. The number of imidazole rings is 1. The quantitative estimate of drug-likeness (QED) is 0.280. The molecule has 0 unspecified atom stereocenters. The normalized spacial score (nSPS) is 12.2. The van der Waals surface area contributed by atoms with Crippen LogP contribution in [0.25, 0.3) is 23.0 Å². The van der Waals surface area contributed by atoms with Gasteiger partial charge in [-0.25, -0.2) is 4.98 Å². The number of benzene rings is 2. The van der Waals surface area contributed by atoms with Gasteiger partial charge < -0.3 is 10.3 Å². The Balaban J connectivity index is 1.43. The van der Waals surface area contributed by atoms with Gasteiger partial charge in [0.05, 0.1) is 17.4 Å². The van der Waals surface area contributed by atoms with Crippen LogP contribution in [0.2, 0.25) is 5.15 Å². The fraction of sp³-hybridized carbons (Fsp3) is 0.214. The molecule has 0 aliphatic heterocycles. The summed E-state index contributed by atoms with van der Waals surface area (Å²) in [6.45, 7) is 5.99. The Bertz CT molecular complexity index is 1610. The van der Waals surface area contributed by atoms with Crippen LogP contribution >= 0.6 is 11.6 Å². The summed E-state index contributed by atoms with van der Waals surface area (Å²) < 4.78 is 3.36. The van der Waals surface area contributed by atoms with Gasteiger partial charge in [0.2, 0.25) is 5.91 Å². The van der Waals surface area contributed by atoms with Crippen LogP contribution in [0.1, 0.15) is 39.9 Å². The van der Waals surface area contributed by atoms with Crippen molar-refractivity contribution >= 4 is 23.6 Å². The SMILES string of the molecule is Cc1ccc(-c2nc([C@H](Cc3cc(C)n(C)n3)NC(=O)/C=C/c3cc(C)ccc3-n3cnnn3)[nH]c2Cl)cc1. The van der Waals surface area contributed by atoms with E-state index in [1.807, 2.05) is 76.3 Å². The molecule has 10 nitrogen and oxygen atoms in total. The molecule has 39 heavy (non-hydrogen) atoms. The van der Waals surface area contributed by atoms with Crippen molar-refractivity contribution < 1.29 is 4.79 Å². The van der Waals surface area contributed by atoms with Gasteiger partial charge in [-0.05, 0) is 55.5 Å². The van der Waals surface area contributed by atoms with Crippen molar-refractivity contribution in [2.45, 2.75) is 33.2 Å². The van der Waals surface area contributed by atoms with Crippen LogP contribution in [-0.4, -0.2) is 45.9 Å².